The maximum Gasteiger partial charge on any atom is 0.231 e. The monoisotopic (exact) mass is 428 g/mol. The van der Waals surface area contributed by atoms with Crippen LogP contribution >= 0.6 is 23.1 Å². The second kappa shape index (κ2) is 8.71. The predicted octanol–water partition coefficient (Wildman–Crippen LogP) is 4.04. The summed E-state index contributed by atoms with van der Waals surface area (Å²) in [6.07, 6.45) is 0. The van der Waals surface area contributed by atoms with Gasteiger partial charge in [-0.1, -0.05) is 35.2 Å². The van der Waals surface area contributed by atoms with E-state index in [4.69, 9.17) is 9.47 Å². The molecule has 1 aliphatic heterocycles. The van der Waals surface area contributed by atoms with E-state index in [1.54, 1.807) is 0 Å². The van der Waals surface area contributed by atoms with E-state index in [1.807, 2.05) is 24.3 Å². The van der Waals surface area contributed by atoms with Crippen molar-refractivity contribution < 1.29 is 14.3 Å². The summed E-state index contributed by atoms with van der Waals surface area (Å²) in [6.45, 7) is 4.83. The topological polar surface area (TPSA) is 85.4 Å². The number of benzene rings is 2. The zero-order valence-corrected chi connectivity index (χ0v) is 17.7. The van der Waals surface area contributed by atoms with Crippen molar-refractivity contribution in [2.24, 2.45) is 0 Å². The standard InChI is InChI=1S/C20H20N4O3S2/c1-12-3-5-15(7-13(12)2)22-19-23-24-20(29-19)28-10-18(25)21-9-14-4-6-16-17(8-14)27-11-26-16/h3-8H,9-11H2,1-2H3,(H,21,25)(H,22,23). The summed E-state index contributed by atoms with van der Waals surface area (Å²) in [7, 11) is 0. The zero-order valence-electron chi connectivity index (χ0n) is 16.0. The number of fused-ring (bicyclic) bond motifs is 1. The van der Waals surface area contributed by atoms with Crippen LogP contribution in [0.2, 0.25) is 0 Å². The first-order valence-corrected chi connectivity index (χ1v) is 10.8. The van der Waals surface area contributed by atoms with Crippen molar-refractivity contribution in [2.75, 3.05) is 17.9 Å². The normalized spacial score (nSPS) is 12.1. The lowest BCUT2D eigenvalue weighted by molar-refractivity contribution is -0.118. The third-order valence-electron chi connectivity index (χ3n) is 4.42. The molecule has 7 nitrogen and oxygen atoms in total. The first-order chi connectivity index (χ1) is 14.1. The highest BCUT2D eigenvalue weighted by atomic mass is 32.2. The first-order valence-electron chi connectivity index (χ1n) is 9.02. The number of hydrogen-bond donors (Lipinski definition) is 2. The van der Waals surface area contributed by atoms with Crippen LogP contribution in [0.3, 0.4) is 0 Å². The fourth-order valence-electron chi connectivity index (χ4n) is 2.69. The number of amides is 1. The second-order valence-corrected chi connectivity index (χ2v) is 8.75. The van der Waals surface area contributed by atoms with Crippen molar-refractivity contribution in [1.82, 2.24) is 15.5 Å². The molecule has 2 heterocycles. The molecule has 29 heavy (non-hydrogen) atoms. The molecular formula is C20H20N4O3S2. The van der Waals surface area contributed by atoms with Gasteiger partial charge < -0.3 is 20.1 Å². The smallest absolute Gasteiger partial charge is 0.231 e. The first kappa shape index (κ1) is 19.5. The molecule has 0 atom stereocenters. The molecule has 0 radical (unpaired) electrons. The van der Waals surface area contributed by atoms with Gasteiger partial charge in [0.05, 0.1) is 5.75 Å². The third-order valence-corrected chi connectivity index (χ3v) is 6.39. The largest absolute Gasteiger partial charge is 0.454 e. The van der Waals surface area contributed by atoms with E-state index < -0.39 is 0 Å². The second-order valence-electron chi connectivity index (χ2n) is 6.55. The van der Waals surface area contributed by atoms with Crippen molar-refractivity contribution >= 4 is 39.8 Å². The molecule has 1 amide bonds. The maximum atomic E-state index is 12.1. The lowest BCUT2D eigenvalue weighted by Gasteiger charge is -2.05. The molecule has 0 saturated carbocycles. The molecule has 0 fully saturated rings. The number of aryl methyl sites for hydroxylation is 2. The number of carbonyl (C=O) groups is 1. The molecule has 2 aromatic carbocycles. The minimum absolute atomic E-state index is 0.0634. The minimum Gasteiger partial charge on any atom is -0.454 e. The Labute approximate surface area is 176 Å². The van der Waals surface area contributed by atoms with Crippen molar-refractivity contribution in [3.8, 4) is 11.5 Å². The Kier molecular flexibility index (Phi) is 5.86. The van der Waals surface area contributed by atoms with Crippen LogP contribution in [0, 0.1) is 13.8 Å². The summed E-state index contributed by atoms with van der Waals surface area (Å²) in [4.78, 5) is 12.1. The summed E-state index contributed by atoms with van der Waals surface area (Å²) in [6, 6.07) is 11.8. The number of nitrogens with one attached hydrogen (secondary N) is 2. The Morgan fingerprint density at radius 2 is 1.97 bits per heavy atom. The maximum absolute atomic E-state index is 12.1. The van der Waals surface area contributed by atoms with Gasteiger partial charge in [-0.2, -0.15) is 0 Å². The van der Waals surface area contributed by atoms with E-state index in [2.05, 4.69) is 46.8 Å². The van der Waals surface area contributed by atoms with Gasteiger partial charge in [0.15, 0.2) is 15.8 Å². The van der Waals surface area contributed by atoms with Crippen LogP contribution in [0.25, 0.3) is 0 Å². The van der Waals surface area contributed by atoms with Crippen molar-refractivity contribution in [3.63, 3.8) is 0 Å². The lowest BCUT2D eigenvalue weighted by Crippen LogP contribution is -2.24. The molecular weight excluding hydrogens is 408 g/mol. The van der Waals surface area contributed by atoms with Gasteiger partial charge in [-0.25, -0.2) is 0 Å². The number of carbonyl (C=O) groups excluding carboxylic acids is 1. The number of thioether (sulfide) groups is 1. The van der Waals surface area contributed by atoms with Gasteiger partial charge in [-0.05, 0) is 54.8 Å². The highest BCUT2D eigenvalue weighted by Crippen LogP contribution is 2.32. The third kappa shape index (κ3) is 4.99. The van der Waals surface area contributed by atoms with Gasteiger partial charge in [0.1, 0.15) is 0 Å². The van der Waals surface area contributed by atoms with Gasteiger partial charge in [0, 0.05) is 12.2 Å². The van der Waals surface area contributed by atoms with E-state index in [0.717, 1.165) is 21.3 Å². The molecule has 0 aliphatic carbocycles. The van der Waals surface area contributed by atoms with Gasteiger partial charge in [0.25, 0.3) is 0 Å². The summed E-state index contributed by atoms with van der Waals surface area (Å²) < 4.78 is 11.4. The zero-order chi connectivity index (χ0) is 20.2. The fourth-order valence-corrected chi connectivity index (χ4v) is 4.29. The van der Waals surface area contributed by atoms with Crippen LogP contribution in [-0.2, 0) is 11.3 Å². The van der Waals surface area contributed by atoms with E-state index in [9.17, 15) is 4.79 Å². The lowest BCUT2D eigenvalue weighted by atomic mass is 10.1. The molecule has 3 aromatic rings. The van der Waals surface area contributed by atoms with Crippen LogP contribution in [0.1, 0.15) is 16.7 Å². The highest BCUT2D eigenvalue weighted by Gasteiger charge is 2.14. The predicted molar refractivity (Wildman–Crippen MR) is 114 cm³/mol. The van der Waals surface area contributed by atoms with E-state index in [-0.39, 0.29) is 18.5 Å². The van der Waals surface area contributed by atoms with Gasteiger partial charge >= 0.3 is 0 Å². The summed E-state index contributed by atoms with van der Waals surface area (Å²) in [5.74, 6) is 1.66. The average Bonchev–Trinajstić information content (AvgIpc) is 3.36. The van der Waals surface area contributed by atoms with E-state index >= 15 is 0 Å². The quantitative estimate of drug-likeness (QED) is 0.550. The number of rotatable bonds is 7. The van der Waals surface area contributed by atoms with Crippen molar-refractivity contribution in [1.29, 1.82) is 0 Å². The fraction of sp³-hybridized carbons (Fsp3) is 0.250. The van der Waals surface area contributed by atoms with Crippen LogP contribution in [0.15, 0.2) is 40.7 Å². The van der Waals surface area contributed by atoms with E-state index in [1.165, 1.54) is 34.2 Å². The molecule has 4 rings (SSSR count). The number of aromatic nitrogens is 2. The summed E-state index contributed by atoms with van der Waals surface area (Å²) in [5.41, 5.74) is 4.40. The Bertz CT molecular complexity index is 1040. The molecule has 1 aliphatic rings. The van der Waals surface area contributed by atoms with Crippen LogP contribution in [0.5, 0.6) is 11.5 Å². The Morgan fingerprint density at radius 3 is 2.83 bits per heavy atom. The molecule has 0 saturated heterocycles. The van der Waals surface area contributed by atoms with Crippen LogP contribution in [0.4, 0.5) is 10.8 Å². The molecule has 0 bridgehead atoms. The summed E-state index contributed by atoms with van der Waals surface area (Å²) in [5, 5.41) is 15.2. The number of hydrogen-bond acceptors (Lipinski definition) is 8. The molecule has 2 N–H and O–H groups in total. The van der Waals surface area contributed by atoms with Crippen molar-refractivity contribution in [2.45, 2.75) is 24.7 Å². The van der Waals surface area contributed by atoms with Gasteiger partial charge in [0.2, 0.25) is 17.8 Å². The highest BCUT2D eigenvalue weighted by molar-refractivity contribution is 8.01. The Balaban J connectivity index is 1.25. The van der Waals surface area contributed by atoms with Gasteiger partial charge in [-0.3, -0.25) is 4.79 Å². The molecule has 150 valence electrons. The molecule has 0 unspecified atom stereocenters. The Morgan fingerprint density at radius 1 is 1.10 bits per heavy atom. The number of anilines is 2. The van der Waals surface area contributed by atoms with Crippen LogP contribution < -0.4 is 20.1 Å². The Hall–Kier alpha value is -2.78. The average molecular weight is 429 g/mol. The SMILES string of the molecule is Cc1ccc(Nc2nnc(SCC(=O)NCc3ccc4c(c3)OCO4)s2)cc1C. The number of ether oxygens (including phenoxy) is 2. The van der Waals surface area contributed by atoms with Crippen molar-refractivity contribution in [3.05, 3.63) is 53.1 Å². The number of nitrogens with zero attached hydrogens (tertiary/aromatic N) is 2. The summed E-state index contributed by atoms with van der Waals surface area (Å²) >= 11 is 2.80. The van der Waals surface area contributed by atoms with E-state index in [0.29, 0.717) is 17.4 Å². The van der Waals surface area contributed by atoms with Crippen LogP contribution in [-0.4, -0.2) is 28.7 Å². The molecule has 0 spiro atoms. The van der Waals surface area contributed by atoms with Gasteiger partial charge in [-0.15, -0.1) is 10.2 Å². The molecule has 1 aromatic heterocycles. The minimum atomic E-state index is -0.0634. The molecule has 9 heteroatoms.